The van der Waals surface area contributed by atoms with Crippen LogP contribution < -0.4 is 4.74 Å². The van der Waals surface area contributed by atoms with Crippen molar-refractivity contribution in [2.24, 2.45) is 0 Å². The topological polar surface area (TPSA) is 25.4 Å². The Kier molecular flexibility index (Phi) is 6.31. The van der Waals surface area contributed by atoms with E-state index >= 15 is 0 Å². The number of nitrogens with zero attached hydrogens (tertiary/aromatic N) is 2. The minimum Gasteiger partial charge on any atom is -0.497 e. The Morgan fingerprint density at radius 1 is 0.821 bits per heavy atom. The van der Waals surface area contributed by atoms with Crippen LogP contribution in [0.25, 0.3) is 0 Å². The molecule has 0 spiro atoms. The number of rotatable bonds is 7. The lowest BCUT2D eigenvalue weighted by molar-refractivity contribution is -0.137. The fourth-order valence-corrected chi connectivity index (χ4v) is 3.01. The molecule has 0 bridgehead atoms. The van der Waals surface area contributed by atoms with Gasteiger partial charge >= 0.3 is 6.18 Å². The number of methoxy groups -OCH3 is 1. The molecular weight excluding hydrogens is 365 g/mol. The zero-order valence-electron chi connectivity index (χ0n) is 15.5. The number of benzene rings is 2. The number of hydrogen-bond acceptors (Lipinski definition) is 3. The van der Waals surface area contributed by atoms with Crippen molar-refractivity contribution in [1.82, 2.24) is 9.88 Å². The maximum atomic E-state index is 13.0. The first-order valence-corrected chi connectivity index (χ1v) is 8.84. The lowest BCUT2D eigenvalue weighted by Crippen LogP contribution is -2.22. The van der Waals surface area contributed by atoms with Crippen molar-refractivity contribution in [3.8, 4) is 5.75 Å². The average molecular weight is 386 g/mol. The van der Waals surface area contributed by atoms with Crippen molar-refractivity contribution >= 4 is 0 Å². The minimum absolute atomic E-state index is 0.401. The number of ether oxygens (including phenoxy) is 1. The Bertz CT molecular complexity index is 880. The fraction of sp³-hybridized carbons (Fsp3) is 0.227. The van der Waals surface area contributed by atoms with Crippen molar-refractivity contribution in [2.45, 2.75) is 25.8 Å². The molecule has 146 valence electrons. The Morgan fingerprint density at radius 3 is 2.04 bits per heavy atom. The van der Waals surface area contributed by atoms with E-state index < -0.39 is 11.7 Å². The van der Waals surface area contributed by atoms with E-state index in [-0.39, 0.29) is 0 Å². The number of pyridine rings is 1. The molecule has 0 saturated heterocycles. The SMILES string of the molecule is COc1ccc(CN(Cc2ccncc2)Cc2cccc(C(F)(F)F)c2)cc1. The van der Waals surface area contributed by atoms with E-state index in [0.717, 1.165) is 22.9 Å². The lowest BCUT2D eigenvalue weighted by atomic mass is 10.1. The lowest BCUT2D eigenvalue weighted by Gasteiger charge is -2.23. The molecule has 0 N–H and O–H groups in total. The van der Waals surface area contributed by atoms with E-state index in [1.807, 2.05) is 36.4 Å². The molecule has 0 radical (unpaired) electrons. The van der Waals surface area contributed by atoms with Crippen LogP contribution in [0.15, 0.2) is 73.1 Å². The van der Waals surface area contributed by atoms with E-state index in [2.05, 4.69) is 9.88 Å². The van der Waals surface area contributed by atoms with Crippen LogP contribution in [0.4, 0.5) is 13.2 Å². The first kappa shape index (κ1) is 19.9. The van der Waals surface area contributed by atoms with Crippen LogP contribution in [0.5, 0.6) is 5.75 Å². The van der Waals surface area contributed by atoms with E-state index in [1.165, 1.54) is 12.1 Å². The summed E-state index contributed by atoms with van der Waals surface area (Å²) in [6.45, 7) is 1.60. The van der Waals surface area contributed by atoms with Gasteiger partial charge in [0.25, 0.3) is 0 Å². The smallest absolute Gasteiger partial charge is 0.416 e. The summed E-state index contributed by atoms with van der Waals surface area (Å²) in [5.41, 5.74) is 2.10. The summed E-state index contributed by atoms with van der Waals surface area (Å²) in [5.74, 6) is 0.766. The third-order valence-electron chi connectivity index (χ3n) is 4.38. The van der Waals surface area contributed by atoms with E-state index in [1.54, 1.807) is 25.6 Å². The van der Waals surface area contributed by atoms with Crippen LogP contribution >= 0.6 is 0 Å². The van der Waals surface area contributed by atoms with Gasteiger partial charge in [0.05, 0.1) is 12.7 Å². The van der Waals surface area contributed by atoms with Gasteiger partial charge in [-0.05, 0) is 47.0 Å². The summed E-state index contributed by atoms with van der Waals surface area (Å²) >= 11 is 0. The van der Waals surface area contributed by atoms with Gasteiger partial charge in [-0.25, -0.2) is 0 Å². The molecule has 0 fully saturated rings. The molecule has 0 saturated carbocycles. The normalized spacial score (nSPS) is 11.6. The van der Waals surface area contributed by atoms with Crippen LogP contribution in [-0.2, 0) is 25.8 Å². The molecule has 2 aromatic carbocycles. The quantitative estimate of drug-likeness (QED) is 0.550. The summed E-state index contributed by atoms with van der Waals surface area (Å²) in [7, 11) is 1.61. The Hall–Kier alpha value is -2.86. The number of alkyl halides is 3. The van der Waals surface area contributed by atoms with Gasteiger partial charge in [-0.15, -0.1) is 0 Å². The van der Waals surface area contributed by atoms with Gasteiger partial charge in [0.2, 0.25) is 0 Å². The minimum atomic E-state index is -4.35. The molecule has 3 nitrogen and oxygen atoms in total. The van der Waals surface area contributed by atoms with Crippen molar-refractivity contribution in [3.05, 3.63) is 95.3 Å². The van der Waals surface area contributed by atoms with Gasteiger partial charge in [-0.3, -0.25) is 9.88 Å². The summed E-state index contributed by atoms with van der Waals surface area (Å²) in [6, 6.07) is 17.0. The highest BCUT2D eigenvalue weighted by atomic mass is 19.4. The first-order chi connectivity index (χ1) is 13.4. The molecule has 28 heavy (non-hydrogen) atoms. The van der Waals surface area contributed by atoms with Gasteiger partial charge in [0.15, 0.2) is 0 Å². The highest BCUT2D eigenvalue weighted by molar-refractivity contribution is 5.28. The van der Waals surface area contributed by atoms with E-state index in [0.29, 0.717) is 25.2 Å². The molecule has 1 heterocycles. The van der Waals surface area contributed by atoms with Gasteiger partial charge < -0.3 is 4.74 Å². The van der Waals surface area contributed by atoms with Crippen LogP contribution in [0.3, 0.4) is 0 Å². The second kappa shape index (κ2) is 8.89. The summed E-state index contributed by atoms with van der Waals surface area (Å²) in [6.07, 6.45) is -0.918. The molecule has 3 aromatic rings. The zero-order chi connectivity index (χ0) is 20.0. The molecule has 0 aliphatic rings. The summed E-state index contributed by atoms with van der Waals surface area (Å²) in [5, 5.41) is 0. The van der Waals surface area contributed by atoms with Crippen LogP contribution in [0, 0.1) is 0 Å². The van der Waals surface area contributed by atoms with Crippen molar-refractivity contribution in [3.63, 3.8) is 0 Å². The molecule has 0 aliphatic heterocycles. The van der Waals surface area contributed by atoms with Gasteiger partial charge in [0, 0.05) is 32.0 Å². The number of hydrogen-bond donors (Lipinski definition) is 0. The van der Waals surface area contributed by atoms with Gasteiger partial charge in [-0.1, -0.05) is 30.3 Å². The molecule has 3 rings (SSSR count). The van der Waals surface area contributed by atoms with E-state index in [4.69, 9.17) is 4.74 Å². The van der Waals surface area contributed by atoms with Gasteiger partial charge in [0.1, 0.15) is 5.75 Å². The van der Waals surface area contributed by atoms with Gasteiger partial charge in [-0.2, -0.15) is 13.2 Å². The highest BCUT2D eigenvalue weighted by Gasteiger charge is 2.30. The van der Waals surface area contributed by atoms with Crippen molar-refractivity contribution < 1.29 is 17.9 Å². The largest absolute Gasteiger partial charge is 0.497 e. The molecular formula is C22H21F3N2O. The van der Waals surface area contributed by atoms with E-state index in [9.17, 15) is 13.2 Å². The summed E-state index contributed by atoms with van der Waals surface area (Å²) in [4.78, 5) is 6.12. The molecule has 0 amide bonds. The number of halogens is 3. The van der Waals surface area contributed by atoms with Crippen molar-refractivity contribution in [1.29, 1.82) is 0 Å². The molecule has 1 aromatic heterocycles. The molecule has 0 unspecified atom stereocenters. The first-order valence-electron chi connectivity index (χ1n) is 8.84. The van der Waals surface area contributed by atoms with Crippen LogP contribution in [-0.4, -0.2) is 17.0 Å². The maximum absolute atomic E-state index is 13.0. The molecule has 6 heteroatoms. The fourth-order valence-electron chi connectivity index (χ4n) is 3.01. The van der Waals surface area contributed by atoms with Crippen LogP contribution in [0.2, 0.25) is 0 Å². The Balaban J connectivity index is 1.81. The Morgan fingerprint density at radius 2 is 1.43 bits per heavy atom. The second-order valence-electron chi connectivity index (χ2n) is 6.55. The third-order valence-corrected chi connectivity index (χ3v) is 4.38. The highest BCUT2D eigenvalue weighted by Crippen LogP contribution is 2.30. The van der Waals surface area contributed by atoms with Crippen molar-refractivity contribution in [2.75, 3.05) is 7.11 Å². The predicted octanol–water partition coefficient (Wildman–Crippen LogP) is 5.31. The molecule has 0 aliphatic carbocycles. The maximum Gasteiger partial charge on any atom is 0.416 e. The van der Waals surface area contributed by atoms with Crippen LogP contribution in [0.1, 0.15) is 22.3 Å². The monoisotopic (exact) mass is 386 g/mol. The Labute approximate surface area is 162 Å². The second-order valence-corrected chi connectivity index (χ2v) is 6.55. The average Bonchev–Trinajstić information content (AvgIpc) is 2.69. The summed E-state index contributed by atoms with van der Waals surface area (Å²) < 4.78 is 44.3. The molecule has 0 atom stereocenters. The zero-order valence-corrected chi connectivity index (χ0v) is 15.5. The predicted molar refractivity (Wildman–Crippen MR) is 102 cm³/mol. The number of aromatic nitrogens is 1. The standard InChI is InChI=1S/C22H21F3N2O/c1-28-21-7-5-17(6-8-21)14-27(15-18-9-11-26-12-10-18)16-19-3-2-4-20(13-19)22(23,24)25/h2-13H,14-16H2,1H3. The third kappa shape index (κ3) is 5.57.